The van der Waals surface area contributed by atoms with Crippen molar-refractivity contribution in [3.8, 4) is 0 Å². The molecular formula is C11H21N3O. The summed E-state index contributed by atoms with van der Waals surface area (Å²) in [6, 6.07) is 0.602. The molecule has 0 spiro atoms. The Morgan fingerprint density at radius 1 is 1.53 bits per heavy atom. The molecule has 86 valence electrons. The fourth-order valence-corrected chi connectivity index (χ4v) is 1.84. The van der Waals surface area contributed by atoms with E-state index in [1.54, 1.807) is 0 Å². The first kappa shape index (κ1) is 12.2. The second kappa shape index (κ2) is 5.28. The zero-order valence-electron chi connectivity index (χ0n) is 9.99. The maximum Gasteiger partial charge on any atom is 0.0641 e. The van der Waals surface area contributed by atoms with Crippen LogP contribution in [0.1, 0.15) is 37.6 Å². The quantitative estimate of drug-likeness (QED) is 0.768. The van der Waals surface area contributed by atoms with Crippen molar-refractivity contribution in [3.63, 3.8) is 0 Å². The molecule has 0 radical (unpaired) electrons. The molecule has 1 heterocycles. The summed E-state index contributed by atoms with van der Waals surface area (Å²) in [7, 11) is 1.93. The van der Waals surface area contributed by atoms with Gasteiger partial charge < -0.3 is 10.4 Å². The smallest absolute Gasteiger partial charge is 0.0641 e. The van der Waals surface area contributed by atoms with E-state index < -0.39 is 0 Å². The molecule has 0 saturated heterocycles. The van der Waals surface area contributed by atoms with Gasteiger partial charge in [-0.2, -0.15) is 5.10 Å². The van der Waals surface area contributed by atoms with Crippen LogP contribution in [0.5, 0.6) is 0 Å². The van der Waals surface area contributed by atoms with E-state index in [2.05, 4.69) is 24.3 Å². The molecule has 0 aliphatic rings. The Morgan fingerprint density at radius 2 is 2.20 bits per heavy atom. The van der Waals surface area contributed by atoms with E-state index in [9.17, 15) is 0 Å². The zero-order valence-corrected chi connectivity index (χ0v) is 9.99. The summed E-state index contributed by atoms with van der Waals surface area (Å²) < 4.78 is 1.83. The van der Waals surface area contributed by atoms with Gasteiger partial charge in [0.25, 0.3) is 0 Å². The highest BCUT2D eigenvalue weighted by molar-refractivity contribution is 5.19. The molecule has 15 heavy (non-hydrogen) atoms. The summed E-state index contributed by atoms with van der Waals surface area (Å²) in [5.74, 6) is 0. The lowest BCUT2D eigenvalue weighted by Crippen LogP contribution is -2.29. The van der Waals surface area contributed by atoms with Crippen molar-refractivity contribution >= 4 is 0 Å². The van der Waals surface area contributed by atoms with Crippen LogP contribution < -0.4 is 5.32 Å². The van der Waals surface area contributed by atoms with E-state index in [1.807, 2.05) is 24.9 Å². The standard InChI is InChI=1S/C11H21N3O/c1-8(5-6-15)12-9(2)11-7-14(4)13-10(11)3/h7-9,12,15H,5-6H2,1-4H3/t8-,9?/m1/s1. The minimum Gasteiger partial charge on any atom is -0.396 e. The third-order valence-corrected chi connectivity index (χ3v) is 2.61. The van der Waals surface area contributed by atoms with Crippen LogP contribution >= 0.6 is 0 Å². The zero-order chi connectivity index (χ0) is 11.4. The molecule has 1 rings (SSSR count). The van der Waals surface area contributed by atoms with Crippen LogP contribution in [0, 0.1) is 6.92 Å². The molecule has 0 aliphatic carbocycles. The summed E-state index contributed by atoms with van der Waals surface area (Å²) in [6.07, 6.45) is 2.82. The van der Waals surface area contributed by atoms with E-state index in [1.165, 1.54) is 5.56 Å². The van der Waals surface area contributed by atoms with Crippen LogP contribution in [0.4, 0.5) is 0 Å². The number of aryl methyl sites for hydroxylation is 2. The second-order valence-corrected chi connectivity index (χ2v) is 4.15. The van der Waals surface area contributed by atoms with Gasteiger partial charge in [0.05, 0.1) is 5.69 Å². The Morgan fingerprint density at radius 3 is 2.67 bits per heavy atom. The Balaban J connectivity index is 2.60. The van der Waals surface area contributed by atoms with Gasteiger partial charge >= 0.3 is 0 Å². The maximum absolute atomic E-state index is 8.82. The first-order chi connectivity index (χ1) is 7.04. The van der Waals surface area contributed by atoms with E-state index in [-0.39, 0.29) is 12.6 Å². The van der Waals surface area contributed by atoms with Crippen LogP contribution in [0.15, 0.2) is 6.20 Å². The van der Waals surface area contributed by atoms with E-state index in [4.69, 9.17) is 5.11 Å². The summed E-state index contributed by atoms with van der Waals surface area (Å²) in [5, 5.41) is 16.6. The van der Waals surface area contributed by atoms with Gasteiger partial charge in [0.2, 0.25) is 0 Å². The Kier molecular flexibility index (Phi) is 4.29. The number of nitrogens with zero attached hydrogens (tertiary/aromatic N) is 2. The molecule has 1 aromatic rings. The monoisotopic (exact) mass is 211 g/mol. The number of rotatable bonds is 5. The predicted molar refractivity (Wildman–Crippen MR) is 60.7 cm³/mol. The molecule has 4 heteroatoms. The third-order valence-electron chi connectivity index (χ3n) is 2.61. The minimum atomic E-state index is 0.229. The first-order valence-corrected chi connectivity index (χ1v) is 5.41. The van der Waals surface area contributed by atoms with E-state index in [0.717, 1.165) is 12.1 Å². The van der Waals surface area contributed by atoms with Gasteiger partial charge in [-0.1, -0.05) is 0 Å². The summed E-state index contributed by atoms with van der Waals surface area (Å²) in [6.45, 7) is 6.45. The number of nitrogens with one attached hydrogen (secondary N) is 1. The van der Waals surface area contributed by atoms with Crippen molar-refractivity contribution in [1.82, 2.24) is 15.1 Å². The molecule has 1 aromatic heterocycles. The lowest BCUT2D eigenvalue weighted by molar-refractivity contribution is 0.264. The van der Waals surface area contributed by atoms with Gasteiger partial charge in [0, 0.05) is 37.5 Å². The highest BCUT2D eigenvalue weighted by Gasteiger charge is 2.13. The first-order valence-electron chi connectivity index (χ1n) is 5.41. The molecule has 2 N–H and O–H groups in total. The topological polar surface area (TPSA) is 50.1 Å². The molecule has 2 atom stereocenters. The van der Waals surface area contributed by atoms with E-state index >= 15 is 0 Å². The number of hydrogen-bond acceptors (Lipinski definition) is 3. The van der Waals surface area contributed by atoms with Crippen molar-refractivity contribution in [1.29, 1.82) is 0 Å². The fraction of sp³-hybridized carbons (Fsp3) is 0.727. The molecule has 4 nitrogen and oxygen atoms in total. The van der Waals surface area contributed by atoms with Crippen LogP contribution in [0.3, 0.4) is 0 Å². The number of aliphatic hydroxyl groups excluding tert-OH is 1. The highest BCUT2D eigenvalue weighted by Crippen LogP contribution is 2.16. The van der Waals surface area contributed by atoms with Gasteiger partial charge in [-0.15, -0.1) is 0 Å². The molecule has 0 fully saturated rings. The highest BCUT2D eigenvalue weighted by atomic mass is 16.3. The lowest BCUT2D eigenvalue weighted by atomic mass is 10.1. The van der Waals surface area contributed by atoms with Gasteiger partial charge in [-0.3, -0.25) is 4.68 Å². The SMILES string of the molecule is Cc1nn(C)cc1C(C)N[C@H](C)CCO. The normalized spacial score (nSPS) is 15.3. The van der Waals surface area contributed by atoms with E-state index in [0.29, 0.717) is 6.04 Å². The van der Waals surface area contributed by atoms with Crippen molar-refractivity contribution in [2.75, 3.05) is 6.61 Å². The molecule has 0 bridgehead atoms. The number of aliphatic hydroxyl groups is 1. The predicted octanol–water partition coefficient (Wildman–Crippen LogP) is 1.15. The molecule has 0 aliphatic heterocycles. The van der Waals surface area contributed by atoms with Crippen LogP contribution in [0.25, 0.3) is 0 Å². The van der Waals surface area contributed by atoms with Gasteiger partial charge in [-0.25, -0.2) is 0 Å². The number of hydrogen-bond donors (Lipinski definition) is 2. The third kappa shape index (κ3) is 3.32. The maximum atomic E-state index is 8.82. The Labute approximate surface area is 91.3 Å². The lowest BCUT2D eigenvalue weighted by Gasteiger charge is -2.18. The van der Waals surface area contributed by atoms with Gasteiger partial charge in [0.15, 0.2) is 0 Å². The van der Waals surface area contributed by atoms with Gasteiger partial charge in [0.1, 0.15) is 0 Å². The Bertz CT molecular complexity index is 309. The Hall–Kier alpha value is -0.870. The minimum absolute atomic E-state index is 0.229. The van der Waals surface area contributed by atoms with Crippen molar-refractivity contribution in [2.24, 2.45) is 7.05 Å². The van der Waals surface area contributed by atoms with Crippen LogP contribution in [-0.2, 0) is 7.05 Å². The van der Waals surface area contributed by atoms with Crippen LogP contribution in [0.2, 0.25) is 0 Å². The molecule has 1 unspecified atom stereocenters. The summed E-state index contributed by atoms with van der Waals surface area (Å²) in [5.41, 5.74) is 2.29. The van der Waals surface area contributed by atoms with Gasteiger partial charge in [-0.05, 0) is 27.2 Å². The molecular weight excluding hydrogens is 190 g/mol. The van der Waals surface area contributed by atoms with Crippen molar-refractivity contribution in [3.05, 3.63) is 17.5 Å². The van der Waals surface area contributed by atoms with Crippen molar-refractivity contribution < 1.29 is 5.11 Å². The molecule has 0 aromatic carbocycles. The summed E-state index contributed by atoms with van der Waals surface area (Å²) >= 11 is 0. The fourth-order valence-electron chi connectivity index (χ4n) is 1.84. The molecule has 0 saturated carbocycles. The number of aromatic nitrogens is 2. The molecule has 0 amide bonds. The van der Waals surface area contributed by atoms with Crippen molar-refractivity contribution in [2.45, 2.75) is 39.3 Å². The average Bonchev–Trinajstić information content (AvgIpc) is 2.45. The summed E-state index contributed by atoms with van der Waals surface area (Å²) in [4.78, 5) is 0. The second-order valence-electron chi connectivity index (χ2n) is 4.15. The van der Waals surface area contributed by atoms with Crippen LogP contribution in [-0.4, -0.2) is 27.5 Å². The largest absolute Gasteiger partial charge is 0.396 e. The average molecular weight is 211 g/mol.